The van der Waals surface area contributed by atoms with Gasteiger partial charge in [0.1, 0.15) is 5.75 Å². The molecule has 3 aromatic rings. The lowest BCUT2D eigenvalue weighted by Gasteiger charge is -2.19. The van der Waals surface area contributed by atoms with Crippen molar-refractivity contribution in [3.05, 3.63) is 65.5 Å². The van der Waals surface area contributed by atoms with Crippen molar-refractivity contribution in [2.75, 3.05) is 18.4 Å². The summed E-state index contributed by atoms with van der Waals surface area (Å²) in [7, 11) is -3.93. The number of hydrogen-bond donors (Lipinski definition) is 2. The summed E-state index contributed by atoms with van der Waals surface area (Å²) in [5.74, 6) is -1.72. The quantitative estimate of drug-likeness (QED) is 0.478. The number of phenols is 1. The Morgan fingerprint density at radius 3 is 2.29 bits per heavy atom. The van der Waals surface area contributed by atoms with Crippen LogP contribution in [0.25, 0.3) is 5.69 Å². The van der Waals surface area contributed by atoms with Gasteiger partial charge in [-0.15, -0.1) is 0 Å². The monoisotopic (exact) mass is 496 g/mol. The molecule has 0 saturated heterocycles. The predicted molar refractivity (Wildman–Crippen MR) is 119 cm³/mol. The minimum absolute atomic E-state index is 0.104. The number of aromatic hydroxyl groups is 1. The zero-order valence-electron chi connectivity index (χ0n) is 18.6. The second-order valence-electron chi connectivity index (χ2n) is 7.37. The van der Waals surface area contributed by atoms with E-state index < -0.39 is 39.1 Å². The van der Waals surface area contributed by atoms with Gasteiger partial charge in [-0.25, -0.2) is 13.1 Å². The van der Waals surface area contributed by atoms with Gasteiger partial charge in [-0.05, 0) is 37.3 Å². The lowest BCUT2D eigenvalue weighted by Crippen LogP contribution is -2.30. The molecule has 0 spiro atoms. The minimum Gasteiger partial charge on any atom is -0.506 e. The van der Waals surface area contributed by atoms with Crippen molar-refractivity contribution in [1.29, 1.82) is 0 Å². The fourth-order valence-electron chi connectivity index (χ4n) is 3.35. The molecule has 34 heavy (non-hydrogen) atoms. The topological polar surface area (TPSA) is 105 Å². The Kier molecular flexibility index (Phi) is 7.03. The molecule has 1 heterocycles. The molecule has 12 heteroatoms. The molecular weight excluding hydrogens is 473 g/mol. The van der Waals surface area contributed by atoms with Gasteiger partial charge in [0, 0.05) is 13.1 Å². The minimum atomic E-state index is -4.93. The highest BCUT2D eigenvalue weighted by Gasteiger charge is 2.40. The Bertz CT molecular complexity index is 1300. The van der Waals surface area contributed by atoms with E-state index in [4.69, 9.17) is 0 Å². The Hall–Kier alpha value is -3.38. The molecule has 2 aromatic carbocycles. The first-order chi connectivity index (χ1) is 15.9. The fraction of sp³-hybridized carbons (Fsp3) is 0.273. The molecular formula is C22H23F3N4O4S. The van der Waals surface area contributed by atoms with E-state index in [1.54, 1.807) is 32.9 Å². The van der Waals surface area contributed by atoms with Crippen LogP contribution in [0.5, 0.6) is 5.75 Å². The average molecular weight is 497 g/mol. The van der Waals surface area contributed by atoms with E-state index in [2.05, 4.69) is 10.4 Å². The zero-order chi connectivity index (χ0) is 25.3. The number of halogens is 3. The van der Waals surface area contributed by atoms with Crippen LogP contribution in [0.2, 0.25) is 0 Å². The third-order valence-corrected chi connectivity index (χ3v) is 7.17. The number of carbonyl (C=O) groups excluding carboxylic acids is 1. The van der Waals surface area contributed by atoms with E-state index in [1.165, 1.54) is 16.4 Å². The van der Waals surface area contributed by atoms with Crippen LogP contribution in [0, 0.1) is 6.92 Å². The van der Waals surface area contributed by atoms with Gasteiger partial charge in [0.25, 0.3) is 5.91 Å². The van der Waals surface area contributed by atoms with E-state index in [-0.39, 0.29) is 29.4 Å². The maximum absolute atomic E-state index is 13.9. The van der Waals surface area contributed by atoms with Gasteiger partial charge < -0.3 is 10.4 Å². The number of benzene rings is 2. The lowest BCUT2D eigenvalue weighted by molar-refractivity contribution is -0.143. The Labute approximate surface area is 194 Å². The molecule has 0 aliphatic rings. The van der Waals surface area contributed by atoms with Gasteiger partial charge in [-0.2, -0.15) is 22.6 Å². The van der Waals surface area contributed by atoms with Crippen LogP contribution in [-0.2, 0) is 16.2 Å². The smallest absolute Gasteiger partial charge is 0.434 e. The number of carbonyl (C=O) groups is 1. The summed E-state index contributed by atoms with van der Waals surface area (Å²) in [6.45, 7) is 5.45. The van der Waals surface area contributed by atoms with Crippen LogP contribution in [-0.4, -0.2) is 46.6 Å². The van der Waals surface area contributed by atoms with E-state index in [0.29, 0.717) is 4.68 Å². The summed E-state index contributed by atoms with van der Waals surface area (Å²) in [5, 5.41) is 16.0. The fourth-order valence-corrected chi connectivity index (χ4v) is 4.83. The molecule has 0 radical (unpaired) electrons. The first kappa shape index (κ1) is 25.2. The molecule has 3 rings (SSSR count). The van der Waals surface area contributed by atoms with Crippen molar-refractivity contribution in [1.82, 2.24) is 14.1 Å². The van der Waals surface area contributed by atoms with Crippen molar-refractivity contribution < 1.29 is 31.5 Å². The number of alkyl halides is 3. The van der Waals surface area contributed by atoms with Crippen molar-refractivity contribution in [3.63, 3.8) is 0 Å². The number of amides is 1. The number of aryl methyl sites for hydroxylation is 1. The first-order valence-electron chi connectivity index (χ1n) is 10.3. The third kappa shape index (κ3) is 4.92. The molecule has 182 valence electrons. The van der Waals surface area contributed by atoms with Gasteiger partial charge >= 0.3 is 6.18 Å². The standard InChI is InChI=1S/C22H23F3N4O4S/c1-4-28(5-2)34(32,33)16-10-11-19(30)18(12-16)27-21(31)17-13-26-29(20(17)22(23,24)25)15-8-6-14(3)7-9-15/h6-13,30H,4-5H2,1-3H3,(H,27,31). The van der Waals surface area contributed by atoms with Crippen LogP contribution < -0.4 is 5.32 Å². The number of rotatable bonds is 7. The van der Waals surface area contributed by atoms with Gasteiger partial charge in [-0.1, -0.05) is 31.5 Å². The van der Waals surface area contributed by atoms with Gasteiger partial charge in [0.2, 0.25) is 10.0 Å². The number of hydrogen-bond acceptors (Lipinski definition) is 5. The van der Waals surface area contributed by atoms with E-state index >= 15 is 0 Å². The highest BCUT2D eigenvalue weighted by molar-refractivity contribution is 7.89. The second-order valence-corrected chi connectivity index (χ2v) is 9.31. The van der Waals surface area contributed by atoms with Crippen LogP contribution in [0.3, 0.4) is 0 Å². The molecule has 8 nitrogen and oxygen atoms in total. The van der Waals surface area contributed by atoms with Gasteiger partial charge in [-0.3, -0.25) is 4.79 Å². The number of nitrogens with zero attached hydrogens (tertiary/aromatic N) is 3. The molecule has 2 N–H and O–H groups in total. The Balaban J connectivity index is 2.02. The van der Waals surface area contributed by atoms with E-state index in [0.717, 1.165) is 30.0 Å². The van der Waals surface area contributed by atoms with E-state index in [9.17, 15) is 31.5 Å². The van der Waals surface area contributed by atoms with Crippen molar-refractivity contribution in [2.24, 2.45) is 0 Å². The van der Waals surface area contributed by atoms with Crippen molar-refractivity contribution in [2.45, 2.75) is 31.8 Å². The number of anilines is 1. The van der Waals surface area contributed by atoms with Crippen molar-refractivity contribution in [3.8, 4) is 11.4 Å². The maximum atomic E-state index is 13.9. The van der Waals surface area contributed by atoms with Gasteiger partial charge in [0.15, 0.2) is 5.69 Å². The highest BCUT2D eigenvalue weighted by atomic mass is 32.2. The normalized spacial score (nSPS) is 12.2. The summed E-state index contributed by atoms with van der Waals surface area (Å²) >= 11 is 0. The summed E-state index contributed by atoms with van der Waals surface area (Å²) in [6, 6.07) is 9.28. The lowest BCUT2D eigenvalue weighted by atomic mass is 10.2. The molecule has 1 amide bonds. The third-order valence-electron chi connectivity index (χ3n) is 5.12. The largest absolute Gasteiger partial charge is 0.506 e. The number of nitrogens with one attached hydrogen (secondary N) is 1. The SMILES string of the molecule is CCN(CC)S(=O)(=O)c1ccc(O)c(NC(=O)c2cnn(-c3ccc(C)cc3)c2C(F)(F)F)c1. The van der Waals surface area contributed by atoms with Crippen LogP contribution >= 0.6 is 0 Å². The molecule has 0 aliphatic heterocycles. The van der Waals surface area contributed by atoms with Crippen LogP contribution in [0.1, 0.15) is 35.5 Å². The van der Waals surface area contributed by atoms with Gasteiger partial charge in [0.05, 0.1) is 28.0 Å². The number of aromatic nitrogens is 2. The average Bonchev–Trinajstić information content (AvgIpc) is 3.22. The summed E-state index contributed by atoms with van der Waals surface area (Å²) in [5.41, 5.74) is -1.51. The Morgan fingerprint density at radius 1 is 1.12 bits per heavy atom. The summed E-state index contributed by atoms with van der Waals surface area (Å²) in [4.78, 5) is 12.6. The molecule has 0 saturated carbocycles. The van der Waals surface area contributed by atoms with Crippen LogP contribution in [0.4, 0.5) is 18.9 Å². The number of sulfonamides is 1. The molecule has 0 aliphatic carbocycles. The molecule has 0 bridgehead atoms. The molecule has 1 aromatic heterocycles. The van der Waals surface area contributed by atoms with Crippen molar-refractivity contribution >= 4 is 21.6 Å². The molecule has 0 fully saturated rings. The first-order valence-corrected chi connectivity index (χ1v) is 11.7. The summed E-state index contributed by atoms with van der Waals surface area (Å²) in [6.07, 6.45) is -4.16. The van der Waals surface area contributed by atoms with E-state index in [1.807, 2.05) is 0 Å². The highest BCUT2D eigenvalue weighted by Crippen LogP contribution is 2.35. The molecule has 0 atom stereocenters. The summed E-state index contributed by atoms with van der Waals surface area (Å²) < 4.78 is 69.0. The second kappa shape index (κ2) is 9.47. The Morgan fingerprint density at radius 2 is 1.74 bits per heavy atom. The number of phenolic OH excluding ortho intramolecular Hbond substituents is 1. The maximum Gasteiger partial charge on any atom is 0.434 e. The zero-order valence-corrected chi connectivity index (χ0v) is 19.4. The molecule has 0 unspecified atom stereocenters. The van der Waals surface area contributed by atoms with Crippen LogP contribution in [0.15, 0.2) is 53.6 Å². The predicted octanol–water partition coefficient (Wildman–Crippen LogP) is 4.19.